The smallest absolute Gasteiger partial charge is 0.416 e. The highest BCUT2D eigenvalue weighted by atomic mass is 19.4. The molecule has 1 fully saturated rings. The zero-order valence-corrected chi connectivity index (χ0v) is 16.2. The van der Waals surface area contributed by atoms with Crippen molar-refractivity contribution in [1.82, 2.24) is 5.32 Å². The summed E-state index contributed by atoms with van der Waals surface area (Å²) < 4.78 is 45.8. The molecule has 1 saturated heterocycles. The Morgan fingerprint density at radius 1 is 1.10 bits per heavy atom. The number of hydrogen-bond acceptors (Lipinski definition) is 3. The van der Waals surface area contributed by atoms with Crippen LogP contribution in [0.25, 0.3) is 0 Å². The predicted molar refractivity (Wildman–Crippen MR) is 105 cm³/mol. The Morgan fingerprint density at radius 2 is 1.77 bits per heavy atom. The molecule has 0 spiro atoms. The molecule has 158 valence electrons. The van der Waals surface area contributed by atoms with Crippen molar-refractivity contribution in [2.45, 2.75) is 31.4 Å². The van der Waals surface area contributed by atoms with Gasteiger partial charge in [-0.1, -0.05) is 55.1 Å². The Morgan fingerprint density at radius 3 is 2.47 bits per heavy atom. The van der Waals surface area contributed by atoms with Crippen molar-refractivity contribution < 1.29 is 27.5 Å². The molecule has 0 saturated carbocycles. The summed E-state index contributed by atoms with van der Waals surface area (Å²) in [7, 11) is 0. The van der Waals surface area contributed by atoms with E-state index >= 15 is 0 Å². The number of carbonyl (C=O) groups is 2. The monoisotopic (exact) mass is 417 g/mol. The Balaban J connectivity index is 1.75. The van der Waals surface area contributed by atoms with Gasteiger partial charge in [0.1, 0.15) is 5.92 Å². The average molecular weight is 417 g/mol. The third-order valence-electron chi connectivity index (χ3n) is 5.10. The topological polar surface area (TPSA) is 55.4 Å². The molecule has 4 nitrogen and oxygen atoms in total. The van der Waals surface area contributed by atoms with Crippen molar-refractivity contribution in [3.63, 3.8) is 0 Å². The Hall–Kier alpha value is -3.09. The Kier molecular flexibility index (Phi) is 6.59. The van der Waals surface area contributed by atoms with Gasteiger partial charge < -0.3 is 10.1 Å². The van der Waals surface area contributed by atoms with Crippen LogP contribution >= 0.6 is 0 Å². The highest BCUT2D eigenvalue weighted by molar-refractivity contribution is 5.87. The van der Waals surface area contributed by atoms with Crippen molar-refractivity contribution >= 4 is 11.9 Å². The van der Waals surface area contributed by atoms with Crippen molar-refractivity contribution in [2.24, 2.45) is 5.92 Å². The van der Waals surface area contributed by atoms with E-state index in [0.717, 1.165) is 11.6 Å². The standard InChI is InChI=1S/C23H22F3NO3/c1-15-21(22(29)30-13-7-10-16-8-3-2-4-9-16)18(14-20(28)27-15)17-11-5-6-12-19(17)23(24,25)26/h2-6,8-9,11-12,18,21H,1,7,10,13-14H2,(H,27,28)/t18-,21+/m0/s1. The SMILES string of the molecule is C=C1NC(=O)C[C@@H](c2ccccc2C(F)(F)F)[C@@H]1C(=O)OCCCc1ccccc1. The van der Waals surface area contributed by atoms with Crippen LogP contribution in [0.4, 0.5) is 13.2 Å². The number of rotatable bonds is 6. The van der Waals surface area contributed by atoms with Gasteiger partial charge in [-0.2, -0.15) is 13.2 Å². The molecule has 3 rings (SSSR count). The summed E-state index contributed by atoms with van der Waals surface area (Å²) >= 11 is 0. The second kappa shape index (κ2) is 9.15. The van der Waals surface area contributed by atoms with Crippen molar-refractivity contribution in [1.29, 1.82) is 0 Å². The highest BCUT2D eigenvalue weighted by Crippen LogP contribution is 2.42. The van der Waals surface area contributed by atoms with Gasteiger partial charge in [0.05, 0.1) is 12.2 Å². The fraction of sp³-hybridized carbons (Fsp3) is 0.304. The van der Waals surface area contributed by atoms with Gasteiger partial charge >= 0.3 is 12.1 Å². The molecule has 1 heterocycles. The molecule has 0 aliphatic carbocycles. The normalized spacial score (nSPS) is 19.3. The van der Waals surface area contributed by atoms with Gasteiger partial charge in [-0.15, -0.1) is 0 Å². The fourth-order valence-electron chi connectivity index (χ4n) is 3.73. The molecule has 30 heavy (non-hydrogen) atoms. The van der Waals surface area contributed by atoms with Crippen LogP contribution < -0.4 is 5.32 Å². The fourth-order valence-corrected chi connectivity index (χ4v) is 3.73. The van der Waals surface area contributed by atoms with Gasteiger partial charge in [-0.3, -0.25) is 9.59 Å². The molecule has 2 aromatic carbocycles. The molecular formula is C23H22F3NO3. The maximum atomic E-state index is 13.5. The van der Waals surface area contributed by atoms with Gasteiger partial charge in [-0.05, 0) is 30.0 Å². The zero-order valence-electron chi connectivity index (χ0n) is 16.2. The Labute approximate surface area is 172 Å². The molecule has 0 radical (unpaired) electrons. The van der Waals surface area contributed by atoms with Gasteiger partial charge in [0, 0.05) is 18.0 Å². The number of aryl methyl sites for hydroxylation is 1. The molecular weight excluding hydrogens is 395 g/mol. The van der Waals surface area contributed by atoms with Crippen LogP contribution in [-0.2, 0) is 26.9 Å². The number of alkyl halides is 3. The van der Waals surface area contributed by atoms with E-state index in [1.165, 1.54) is 18.2 Å². The highest BCUT2D eigenvalue weighted by Gasteiger charge is 2.43. The third-order valence-corrected chi connectivity index (χ3v) is 5.10. The van der Waals surface area contributed by atoms with E-state index in [0.29, 0.717) is 12.8 Å². The maximum absolute atomic E-state index is 13.5. The van der Waals surface area contributed by atoms with Crippen LogP contribution in [0.3, 0.4) is 0 Å². The molecule has 7 heteroatoms. The third kappa shape index (κ3) is 5.09. The lowest BCUT2D eigenvalue weighted by molar-refractivity contribution is -0.150. The zero-order chi connectivity index (χ0) is 21.7. The molecule has 2 atom stereocenters. The molecule has 1 N–H and O–H groups in total. The summed E-state index contributed by atoms with van der Waals surface area (Å²) in [6.07, 6.45) is -3.58. The lowest BCUT2D eigenvalue weighted by Gasteiger charge is -2.33. The molecule has 0 aromatic heterocycles. The van der Waals surface area contributed by atoms with Crippen LogP contribution in [0.2, 0.25) is 0 Å². The molecule has 1 aliphatic heterocycles. The first-order valence-electron chi connectivity index (χ1n) is 9.62. The maximum Gasteiger partial charge on any atom is 0.416 e. The molecule has 1 aliphatic rings. The number of ether oxygens (including phenoxy) is 1. The first-order chi connectivity index (χ1) is 14.3. The van der Waals surface area contributed by atoms with E-state index in [2.05, 4.69) is 11.9 Å². The first kappa shape index (κ1) is 21.6. The molecule has 0 unspecified atom stereocenters. The van der Waals surface area contributed by atoms with Crippen LogP contribution in [0.5, 0.6) is 0 Å². The lowest BCUT2D eigenvalue weighted by Crippen LogP contribution is -2.42. The van der Waals surface area contributed by atoms with Gasteiger partial charge in [0.25, 0.3) is 0 Å². The minimum atomic E-state index is -4.60. The van der Waals surface area contributed by atoms with Crippen molar-refractivity contribution in [2.75, 3.05) is 6.61 Å². The van der Waals surface area contributed by atoms with Gasteiger partial charge in [0.2, 0.25) is 5.91 Å². The first-order valence-corrected chi connectivity index (χ1v) is 9.62. The van der Waals surface area contributed by atoms with E-state index in [1.807, 2.05) is 30.3 Å². The number of benzene rings is 2. The van der Waals surface area contributed by atoms with Crippen molar-refractivity contribution in [3.05, 3.63) is 83.6 Å². The summed E-state index contributed by atoms with van der Waals surface area (Å²) in [6.45, 7) is 3.82. The lowest BCUT2D eigenvalue weighted by atomic mass is 9.77. The summed E-state index contributed by atoms with van der Waals surface area (Å²) in [4.78, 5) is 24.8. The van der Waals surface area contributed by atoms with Crippen molar-refractivity contribution in [3.8, 4) is 0 Å². The second-order valence-electron chi connectivity index (χ2n) is 7.20. The number of esters is 1. The number of amides is 1. The quantitative estimate of drug-likeness (QED) is 0.552. The summed E-state index contributed by atoms with van der Waals surface area (Å²) in [6, 6.07) is 14.7. The van der Waals surface area contributed by atoms with Crippen LogP contribution in [0.1, 0.15) is 35.4 Å². The van der Waals surface area contributed by atoms with E-state index < -0.39 is 35.5 Å². The number of nitrogens with one attached hydrogen (secondary N) is 1. The van der Waals surface area contributed by atoms with Crippen LogP contribution in [0.15, 0.2) is 66.9 Å². The van der Waals surface area contributed by atoms with Gasteiger partial charge in [0.15, 0.2) is 0 Å². The summed E-state index contributed by atoms with van der Waals surface area (Å²) in [5.74, 6) is -3.24. The van der Waals surface area contributed by atoms with E-state index in [4.69, 9.17) is 4.74 Å². The molecule has 0 bridgehead atoms. The predicted octanol–water partition coefficient (Wildman–Crippen LogP) is 4.61. The second-order valence-corrected chi connectivity index (χ2v) is 7.20. The average Bonchev–Trinajstić information content (AvgIpc) is 2.70. The van der Waals surface area contributed by atoms with E-state index in [-0.39, 0.29) is 24.3 Å². The Bertz CT molecular complexity index is 925. The largest absolute Gasteiger partial charge is 0.465 e. The minimum absolute atomic E-state index is 0.0567. The summed E-state index contributed by atoms with van der Waals surface area (Å²) in [5.41, 5.74) is 0.188. The van der Waals surface area contributed by atoms with E-state index in [1.54, 1.807) is 0 Å². The van der Waals surface area contributed by atoms with Crippen LogP contribution in [0, 0.1) is 5.92 Å². The van der Waals surface area contributed by atoms with E-state index in [9.17, 15) is 22.8 Å². The summed E-state index contributed by atoms with van der Waals surface area (Å²) in [5, 5.41) is 2.47. The number of carbonyl (C=O) groups excluding carboxylic acids is 2. The number of halogens is 3. The van der Waals surface area contributed by atoms with Crippen LogP contribution in [-0.4, -0.2) is 18.5 Å². The number of piperidine rings is 1. The molecule has 2 aromatic rings. The van der Waals surface area contributed by atoms with Gasteiger partial charge in [-0.25, -0.2) is 0 Å². The number of hydrogen-bond donors (Lipinski definition) is 1. The minimum Gasteiger partial charge on any atom is -0.465 e. The molecule has 1 amide bonds.